The molecule has 0 saturated carbocycles. The molecule has 3 rings (SSSR count). The van der Waals surface area contributed by atoms with Crippen molar-refractivity contribution in [2.45, 2.75) is 13.2 Å². The summed E-state index contributed by atoms with van der Waals surface area (Å²) in [6, 6.07) is 18.4. The molecule has 0 saturated heterocycles. The van der Waals surface area contributed by atoms with Crippen molar-refractivity contribution >= 4 is 0 Å². The Balaban J connectivity index is 1.58. The highest BCUT2D eigenvalue weighted by atomic mass is 16.5. The van der Waals surface area contributed by atoms with E-state index in [0.29, 0.717) is 35.7 Å². The average molecular weight is 315 g/mol. The summed E-state index contributed by atoms with van der Waals surface area (Å²) in [7, 11) is 0. The molecule has 0 aliphatic carbocycles. The van der Waals surface area contributed by atoms with Crippen LogP contribution in [0.15, 0.2) is 54.7 Å². The Morgan fingerprint density at radius 2 is 1.54 bits per heavy atom. The molecule has 24 heavy (non-hydrogen) atoms. The lowest BCUT2D eigenvalue weighted by Crippen LogP contribution is -2.00. The monoisotopic (exact) mass is 315 g/mol. The number of hydrogen-bond acceptors (Lipinski definition) is 5. The van der Waals surface area contributed by atoms with Gasteiger partial charge in [0.25, 0.3) is 0 Å². The van der Waals surface area contributed by atoms with Crippen LogP contribution in [-0.4, -0.2) is 15.0 Å². The van der Waals surface area contributed by atoms with Crippen LogP contribution in [0.1, 0.15) is 22.4 Å². The second-order valence-electron chi connectivity index (χ2n) is 5.14. The van der Waals surface area contributed by atoms with Gasteiger partial charge >= 0.3 is 0 Å². The van der Waals surface area contributed by atoms with Gasteiger partial charge in [0, 0.05) is 0 Å². The van der Waals surface area contributed by atoms with Gasteiger partial charge in [0.05, 0.1) is 36.0 Å². The van der Waals surface area contributed by atoms with E-state index in [1.807, 2.05) is 18.3 Å². The van der Waals surface area contributed by atoms with Crippen molar-refractivity contribution in [1.29, 1.82) is 10.5 Å². The zero-order valence-corrected chi connectivity index (χ0v) is 12.8. The van der Waals surface area contributed by atoms with Crippen molar-refractivity contribution in [3.63, 3.8) is 0 Å². The van der Waals surface area contributed by atoms with Crippen molar-refractivity contribution in [2.24, 2.45) is 0 Å². The Morgan fingerprint density at radius 1 is 0.917 bits per heavy atom. The first-order chi connectivity index (χ1) is 11.8. The SMILES string of the molecule is N#Cc1ccc(Cn2cc(COc3ccc(C#N)cc3)nn2)cc1. The smallest absolute Gasteiger partial charge is 0.134 e. The molecule has 0 amide bonds. The van der Waals surface area contributed by atoms with Crippen LogP contribution >= 0.6 is 0 Å². The number of hydrogen-bond donors (Lipinski definition) is 0. The molecule has 0 spiro atoms. The standard InChI is InChI=1S/C18H13N5O/c19-9-14-1-3-16(4-2-14)11-23-12-17(21-22-23)13-24-18-7-5-15(10-20)6-8-18/h1-8,12H,11,13H2. The lowest BCUT2D eigenvalue weighted by molar-refractivity contribution is 0.301. The Hall–Kier alpha value is -3.64. The quantitative estimate of drug-likeness (QED) is 0.722. The molecule has 0 atom stereocenters. The van der Waals surface area contributed by atoms with Crippen LogP contribution in [-0.2, 0) is 13.2 Å². The molecule has 116 valence electrons. The van der Waals surface area contributed by atoms with Gasteiger partial charge < -0.3 is 4.74 Å². The summed E-state index contributed by atoms with van der Waals surface area (Å²) in [5, 5.41) is 25.7. The number of benzene rings is 2. The predicted molar refractivity (Wildman–Crippen MR) is 85.8 cm³/mol. The van der Waals surface area contributed by atoms with E-state index in [1.165, 1.54) is 0 Å². The van der Waals surface area contributed by atoms with Gasteiger partial charge in [-0.25, -0.2) is 4.68 Å². The first-order valence-corrected chi connectivity index (χ1v) is 7.28. The molecule has 0 fully saturated rings. The first-order valence-electron chi connectivity index (χ1n) is 7.28. The van der Waals surface area contributed by atoms with Crippen LogP contribution in [0.2, 0.25) is 0 Å². The normalized spacial score (nSPS) is 9.92. The summed E-state index contributed by atoms with van der Waals surface area (Å²) < 4.78 is 7.35. The highest BCUT2D eigenvalue weighted by Gasteiger charge is 2.03. The molecule has 1 aromatic heterocycles. The summed E-state index contributed by atoms with van der Waals surface area (Å²) >= 11 is 0. The largest absolute Gasteiger partial charge is 0.487 e. The van der Waals surface area contributed by atoms with Gasteiger partial charge in [0.1, 0.15) is 18.1 Å². The van der Waals surface area contributed by atoms with E-state index in [2.05, 4.69) is 22.5 Å². The molecule has 0 bridgehead atoms. The van der Waals surface area contributed by atoms with Crippen LogP contribution in [0.5, 0.6) is 5.75 Å². The fourth-order valence-electron chi connectivity index (χ4n) is 2.14. The maximum absolute atomic E-state index is 8.80. The second-order valence-corrected chi connectivity index (χ2v) is 5.14. The van der Waals surface area contributed by atoms with E-state index in [0.717, 1.165) is 5.56 Å². The Bertz CT molecular complexity index is 898. The molecule has 1 heterocycles. The lowest BCUT2D eigenvalue weighted by atomic mass is 10.1. The first kappa shape index (κ1) is 15.3. The van der Waals surface area contributed by atoms with Crippen molar-refractivity contribution in [3.05, 3.63) is 77.1 Å². The molecule has 6 nitrogen and oxygen atoms in total. The van der Waals surface area contributed by atoms with E-state index < -0.39 is 0 Å². The number of aromatic nitrogens is 3. The minimum atomic E-state index is 0.305. The summed E-state index contributed by atoms with van der Waals surface area (Å²) in [5.41, 5.74) is 2.98. The van der Waals surface area contributed by atoms with Crippen molar-refractivity contribution in [2.75, 3.05) is 0 Å². The average Bonchev–Trinajstić information content (AvgIpc) is 3.08. The fraction of sp³-hybridized carbons (Fsp3) is 0.111. The fourth-order valence-corrected chi connectivity index (χ4v) is 2.14. The van der Waals surface area contributed by atoms with Gasteiger partial charge in [-0.3, -0.25) is 0 Å². The van der Waals surface area contributed by atoms with Crippen LogP contribution in [0.3, 0.4) is 0 Å². The molecule has 2 aromatic carbocycles. The van der Waals surface area contributed by atoms with Crippen LogP contribution in [0, 0.1) is 22.7 Å². The van der Waals surface area contributed by atoms with E-state index >= 15 is 0 Å². The van der Waals surface area contributed by atoms with Gasteiger partial charge in [-0.15, -0.1) is 5.10 Å². The highest BCUT2D eigenvalue weighted by Crippen LogP contribution is 2.13. The maximum Gasteiger partial charge on any atom is 0.134 e. The molecular weight excluding hydrogens is 302 g/mol. The molecular formula is C18H13N5O. The van der Waals surface area contributed by atoms with Gasteiger partial charge in [-0.2, -0.15) is 10.5 Å². The van der Waals surface area contributed by atoms with E-state index in [-0.39, 0.29) is 0 Å². The summed E-state index contributed by atoms with van der Waals surface area (Å²) in [5.74, 6) is 0.677. The minimum absolute atomic E-state index is 0.305. The second kappa shape index (κ2) is 7.08. The van der Waals surface area contributed by atoms with Gasteiger partial charge in [0.15, 0.2) is 0 Å². The maximum atomic E-state index is 8.80. The molecule has 0 radical (unpaired) electrons. The van der Waals surface area contributed by atoms with Crippen LogP contribution < -0.4 is 4.74 Å². The third-order valence-electron chi connectivity index (χ3n) is 3.38. The predicted octanol–water partition coefficient (Wildman–Crippen LogP) is 2.65. The molecule has 0 aliphatic rings. The van der Waals surface area contributed by atoms with Gasteiger partial charge in [-0.1, -0.05) is 17.3 Å². The van der Waals surface area contributed by atoms with Crippen molar-refractivity contribution in [1.82, 2.24) is 15.0 Å². The topological polar surface area (TPSA) is 87.5 Å². The van der Waals surface area contributed by atoms with Crippen molar-refractivity contribution < 1.29 is 4.74 Å². The highest BCUT2D eigenvalue weighted by molar-refractivity contribution is 5.34. The van der Waals surface area contributed by atoms with Crippen LogP contribution in [0.4, 0.5) is 0 Å². The van der Waals surface area contributed by atoms with E-state index in [9.17, 15) is 0 Å². The minimum Gasteiger partial charge on any atom is -0.487 e. The summed E-state index contributed by atoms with van der Waals surface area (Å²) in [6.07, 6.45) is 1.82. The van der Waals surface area contributed by atoms with Gasteiger partial charge in [0.2, 0.25) is 0 Å². The number of ether oxygens (including phenoxy) is 1. The van der Waals surface area contributed by atoms with Crippen LogP contribution in [0.25, 0.3) is 0 Å². The molecule has 0 aliphatic heterocycles. The van der Waals surface area contributed by atoms with E-state index in [4.69, 9.17) is 15.3 Å². The molecule has 6 heteroatoms. The van der Waals surface area contributed by atoms with Gasteiger partial charge in [-0.05, 0) is 42.0 Å². The summed E-state index contributed by atoms with van der Waals surface area (Å²) in [4.78, 5) is 0. The third kappa shape index (κ3) is 3.76. The Labute approximate surface area is 139 Å². The van der Waals surface area contributed by atoms with E-state index in [1.54, 1.807) is 41.1 Å². The number of nitrogens with zero attached hydrogens (tertiary/aromatic N) is 5. The third-order valence-corrected chi connectivity index (χ3v) is 3.38. The summed E-state index contributed by atoms with van der Waals surface area (Å²) in [6.45, 7) is 0.884. The van der Waals surface area contributed by atoms with Crippen molar-refractivity contribution in [3.8, 4) is 17.9 Å². The number of rotatable bonds is 5. The number of nitriles is 2. The Kier molecular flexibility index (Phi) is 4.50. The molecule has 3 aromatic rings. The zero-order valence-electron chi connectivity index (χ0n) is 12.8. The molecule has 0 unspecified atom stereocenters. The zero-order chi connectivity index (χ0) is 16.8. The lowest BCUT2D eigenvalue weighted by Gasteiger charge is -2.03. The molecule has 0 N–H and O–H groups in total. The Morgan fingerprint density at radius 3 is 2.17 bits per heavy atom.